The molecule has 144 valence electrons. The molecule has 0 radical (unpaired) electrons. The van der Waals surface area contributed by atoms with Crippen LogP contribution in [0.5, 0.6) is 0 Å². The largest absolute Gasteiger partial charge is 0.324 e. The summed E-state index contributed by atoms with van der Waals surface area (Å²) in [6.07, 6.45) is -0.134. The summed E-state index contributed by atoms with van der Waals surface area (Å²) in [6, 6.07) is 11.6. The predicted molar refractivity (Wildman–Crippen MR) is 105 cm³/mol. The Morgan fingerprint density at radius 2 is 1.89 bits per heavy atom. The number of rotatable bonds is 5. The molecule has 0 unspecified atom stereocenters. The average Bonchev–Trinajstić information content (AvgIpc) is 3.01. The molecule has 2 N–H and O–H groups in total. The zero-order valence-corrected chi connectivity index (χ0v) is 15.6. The summed E-state index contributed by atoms with van der Waals surface area (Å²) < 4.78 is 26.5. The van der Waals surface area contributed by atoms with Crippen LogP contribution in [-0.2, 0) is 9.59 Å². The second-order valence-corrected chi connectivity index (χ2v) is 7.12. The summed E-state index contributed by atoms with van der Waals surface area (Å²) in [5.41, 5.74) is 1.30. The summed E-state index contributed by atoms with van der Waals surface area (Å²) in [6.45, 7) is 1.71. The fourth-order valence-corrected chi connectivity index (χ4v) is 3.31. The number of benzene rings is 2. The van der Waals surface area contributed by atoms with Crippen molar-refractivity contribution >= 4 is 40.1 Å². The van der Waals surface area contributed by atoms with E-state index in [1.165, 1.54) is 30.3 Å². The van der Waals surface area contributed by atoms with Crippen molar-refractivity contribution in [2.75, 3.05) is 5.32 Å². The van der Waals surface area contributed by atoms with Gasteiger partial charge in [0.2, 0.25) is 11.8 Å². The van der Waals surface area contributed by atoms with Gasteiger partial charge in [0.05, 0.1) is 11.4 Å². The molecular weight excluding hydrogens is 386 g/mol. The maximum absolute atomic E-state index is 13.6. The smallest absolute Gasteiger partial charge is 0.240 e. The van der Waals surface area contributed by atoms with Gasteiger partial charge in [-0.15, -0.1) is 5.10 Å². The lowest BCUT2D eigenvalue weighted by Crippen LogP contribution is -2.28. The molecule has 1 saturated heterocycles. The van der Waals surface area contributed by atoms with Gasteiger partial charge >= 0.3 is 0 Å². The van der Waals surface area contributed by atoms with E-state index >= 15 is 0 Å². The molecule has 0 saturated carbocycles. The number of amidine groups is 1. The molecule has 3 rings (SSSR count). The van der Waals surface area contributed by atoms with Crippen molar-refractivity contribution in [1.82, 2.24) is 5.32 Å². The molecule has 0 spiro atoms. The minimum atomic E-state index is -0.688. The van der Waals surface area contributed by atoms with Gasteiger partial charge in [-0.1, -0.05) is 36.0 Å². The van der Waals surface area contributed by atoms with Gasteiger partial charge in [-0.25, -0.2) is 8.78 Å². The second kappa shape index (κ2) is 8.75. The Morgan fingerprint density at radius 1 is 1.18 bits per heavy atom. The number of para-hydroxylation sites is 1. The molecule has 2 aromatic carbocycles. The number of hydrogen-bond acceptors (Lipinski definition) is 5. The molecule has 28 heavy (non-hydrogen) atoms. The van der Waals surface area contributed by atoms with Crippen molar-refractivity contribution in [3.05, 3.63) is 65.7 Å². The first-order valence-corrected chi connectivity index (χ1v) is 9.20. The van der Waals surface area contributed by atoms with E-state index in [0.29, 0.717) is 11.3 Å². The van der Waals surface area contributed by atoms with Crippen molar-refractivity contribution in [2.24, 2.45) is 10.2 Å². The molecule has 2 amide bonds. The molecule has 1 aliphatic heterocycles. The van der Waals surface area contributed by atoms with Crippen LogP contribution < -0.4 is 10.6 Å². The zero-order valence-electron chi connectivity index (χ0n) is 14.8. The highest BCUT2D eigenvalue weighted by atomic mass is 32.2. The van der Waals surface area contributed by atoms with E-state index in [2.05, 4.69) is 20.8 Å². The molecule has 2 aromatic rings. The lowest BCUT2D eigenvalue weighted by atomic mass is 10.1. The van der Waals surface area contributed by atoms with Crippen LogP contribution in [0.25, 0.3) is 0 Å². The van der Waals surface area contributed by atoms with Crippen molar-refractivity contribution in [3.8, 4) is 0 Å². The highest BCUT2D eigenvalue weighted by molar-refractivity contribution is 8.15. The first-order valence-electron chi connectivity index (χ1n) is 8.32. The molecule has 1 atom stereocenters. The lowest BCUT2D eigenvalue weighted by Gasteiger charge is -2.07. The molecular formula is C19H16F2N4O2S. The van der Waals surface area contributed by atoms with Gasteiger partial charge in [-0.2, -0.15) is 5.10 Å². The lowest BCUT2D eigenvalue weighted by molar-refractivity contribution is -0.122. The third-order valence-electron chi connectivity index (χ3n) is 3.85. The summed E-state index contributed by atoms with van der Waals surface area (Å²) >= 11 is 1.07. The Kier molecular flexibility index (Phi) is 6.15. The van der Waals surface area contributed by atoms with Crippen molar-refractivity contribution in [2.45, 2.75) is 18.6 Å². The van der Waals surface area contributed by atoms with Crippen LogP contribution in [0.2, 0.25) is 0 Å². The van der Waals surface area contributed by atoms with Gasteiger partial charge < -0.3 is 10.6 Å². The number of nitrogens with zero attached hydrogens (tertiary/aromatic N) is 2. The van der Waals surface area contributed by atoms with Gasteiger partial charge in [0.1, 0.15) is 16.9 Å². The van der Waals surface area contributed by atoms with Gasteiger partial charge in [0, 0.05) is 6.42 Å². The number of carbonyl (C=O) groups is 2. The predicted octanol–water partition coefficient (Wildman–Crippen LogP) is 3.31. The van der Waals surface area contributed by atoms with E-state index in [4.69, 9.17) is 0 Å². The van der Waals surface area contributed by atoms with Gasteiger partial charge in [0.25, 0.3) is 0 Å². The molecule has 0 aromatic heterocycles. The Balaban J connectivity index is 1.60. The average molecular weight is 402 g/mol. The normalized spacial score (nSPS) is 18.2. The minimum absolute atomic E-state index is 0.0596. The summed E-state index contributed by atoms with van der Waals surface area (Å²) in [5, 5.41) is 12.6. The minimum Gasteiger partial charge on any atom is -0.324 e. The molecule has 1 heterocycles. The first kappa shape index (κ1) is 19.7. The highest BCUT2D eigenvalue weighted by Crippen LogP contribution is 2.23. The van der Waals surface area contributed by atoms with Crippen LogP contribution in [0.1, 0.15) is 18.9 Å². The number of hydrogen-bond donors (Lipinski definition) is 2. The van der Waals surface area contributed by atoms with E-state index in [9.17, 15) is 18.4 Å². The highest BCUT2D eigenvalue weighted by Gasteiger charge is 2.32. The molecule has 6 nitrogen and oxygen atoms in total. The molecule has 1 fully saturated rings. The number of amides is 2. The fraction of sp³-hybridized carbons (Fsp3) is 0.158. The summed E-state index contributed by atoms with van der Waals surface area (Å²) in [7, 11) is 0. The quantitative estimate of drug-likeness (QED) is 0.595. The van der Waals surface area contributed by atoms with E-state index in [-0.39, 0.29) is 29.0 Å². The Labute approximate surface area is 164 Å². The third kappa shape index (κ3) is 5.01. The van der Waals surface area contributed by atoms with Crippen LogP contribution in [0, 0.1) is 11.6 Å². The van der Waals surface area contributed by atoms with Crippen LogP contribution in [0.15, 0.2) is 58.7 Å². The first-order chi connectivity index (χ1) is 13.4. The van der Waals surface area contributed by atoms with Crippen molar-refractivity contribution in [1.29, 1.82) is 0 Å². The second-order valence-electron chi connectivity index (χ2n) is 5.93. The maximum atomic E-state index is 13.6. The van der Waals surface area contributed by atoms with Crippen molar-refractivity contribution in [3.63, 3.8) is 0 Å². The number of thioether (sulfide) groups is 1. The monoisotopic (exact) mass is 402 g/mol. The van der Waals surface area contributed by atoms with Crippen LogP contribution >= 0.6 is 11.8 Å². The van der Waals surface area contributed by atoms with Gasteiger partial charge in [0.15, 0.2) is 5.17 Å². The van der Waals surface area contributed by atoms with Crippen LogP contribution in [0.4, 0.5) is 14.5 Å². The van der Waals surface area contributed by atoms with E-state index in [1.807, 2.05) is 0 Å². The van der Waals surface area contributed by atoms with Crippen LogP contribution in [0.3, 0.4) is 0 Å². The molecule has 1 aliphatic rings. The van der Waals surface area contributed by atoms with Crippen LogP contribution in [-0.4, -0.2) is 27.9 Å². The molecule has 0 bridgehead atoms. The summed E-state index contributed by atoms with van der Waals surface area (Å²) in [5.74, 6) is -1.75. The standard InChI is InChI=1S/C19H16F2N4O2S/c1-11(12-6-8-13(20)9-7-12)24-25-19-23-18(27)16(28-19)10-17(26)22-15-5-3-2-4-14(15)21/h2-9,16H,10H2,1H3,(H,22,26)(H,23,25,27)/b24-11+/t16-/m0/s1. The Bertz CT molecular complexity index is 961. The number of anilines is 1. The zero-order chi connectivity index (χ0) is 20.1. The Hall–Kier alpha value is -3.07. The summed E-state index contributed by atoms with van der Waals surface area (Å²) in [4.78, 5) is 24.1. The van der Waals surface area contributed by atoms with E-state index in [1.54, 1.807) is 25.1 Å². The Morgan fingerprint density at radius 3 is 2.61 bits per heavy atom. The van der Waals surface area contributed by atoms with Gasteiger partial charge in [-0.05, 0) is 36.8 Å². The number of carbonyl (C=O) groups excluding carboxylic acids is 2. The number of nitrogens with one attached hydrogen (secondary N) is 2. The maximum Gasteiger partial charge on any atom is 0.240 e. The third-order valence-corrected chi connectivity index (χ3v) is 4.92. The van der Waals surface area contributed by atoms with Gasteiger partial charge in [-0.3, -0.25) is 9.59 Å². The van der Waals surface area contributed by atoms with E-state index < -0.39 is 17.0 Å². The fourth-order valence-electron chi connectivity index (χ4n) is 2.39. The molecule has 0 aliphatic carbocycles. The topological polar surface area (TPSA) is 82.9 Å². The molecule has 9 heteroatoms. The SMILES string of the molecule is C/C(=N\N=C1/NC(=O)[C@H](CC(=O)Nc2ccccc2F)S1)c1ccc(F)cc1. The number of halogens is 2. The van der Waals surface area contributed by atoms with E-state index in [0.717, 1.165) is 11.8 Å². The van der Waals surface area contributed by atoms with Crippen molar-refractivity contribution < 1.29 is 18.4 Å².